The largest absolute Gasteiger partial charge is 0.387 e. The van der Waals surface area contributed by atoms with Gasteiger partial charge in [-0.25, -0.2) is 8.78 Å². The van der Waals surface area contributed by atoms with E-state index in [9.17, 15) is 13.9 Å². The van der Waals surface area contributed by atoms with E-state index in [0.29, 0.717) is 5.25 Å². The highest BCUT2D eigenvalue weighted by Gasteiger charge is 2.33. The smallest absolute Gasteiger partial charge is 0.131 e. The fourth-order valence-electron chi connectivity index (χ4n) is 2.15. The molecular weight excluding hydrogens is 274 g/mol. The molecule has 18 heavy (non-hydrogen) atoms. The number of rotatable bonds is 3. The molecule has 0 aromatic heterocycles. The van der Waals surface area contributed by atoms with Gasteiger partial charge in [0.1, 0.15) is 11.6 Å². The Morgan fingerprint density at radius 2 is 2.06 bits per heavy atom. The highest BCUT2D eigenvalue weighted by atomic mass is 32.2. The Morgan fingerprint density at radius 3 is 2.72 bits per heavy atom. The van der Waals surface area contributed by atoms with Crippen LogP contribution in [0.3, 0.4) is 0 Å². The van der Waals surface area contributed by atoms with E-state index in [-0.39, 0.29) is 10.8 Å². The second-order valence-electron chi connectivity index (χ2n) is 4.26. The Labute approximate surface area is 114 Å². The zero-order valence-electron chi connectivity index (χ0n) is 10.1. The van der Waals surface area contributed by atoms with Crippen LogP contribution in [0.4, 0.5) is 8.78 Å². The minimum absolute atomic E-state index is 0.0197. The van der Waals surface area contributed by atoms with Gasteiger partial charge < -0.3 is 5.11 Å². The monoisotopic (exact) mass is 290 g/mol. The van der Waals surface area contributed by atoms with Crippen molar-refractivity contribution >= 4 is 23.5 Å². The summed E-state index contributed by atoms with van der Waals surface area (Å²) in [5, 5.41) is 10.6. The Hall–Kier alpha value is -0.260. The number of hydrogen-bond acceptors (Lipinski definition) is 3. The summed E-state index contributed by atoms with van der Waals surface area (Å²) in [5.41, 5.74) is 0.204. The first-order valence-corrected chi connectivity index (χ1v) is 8.09. The number of benzene rings is 1. The van der Waals surface area contributed by atoms with E-state index in [1.54, 1.807) is 11.8 Å². The van der Waals surface area contributed by atoms with Crippen molar-refractivity contribution in [2.45, 2.75) is 29.9 Å². The van der Waals surface area contributed by atoms with Crippen LogP contribution in [0.5, 0.6) is 0 Å². The number of aliphatic hydroxyl groups is 1. The highest BCUT2D eigenvalue weighted by Crippen LogP contribution is 2.40. The molecule has 0 aliphatic carbocycles. The highest BCUT2D eigenvalue weighted by molar-refractivity contribution is 8.07. The molecule has 0 saturated carbocycles. The third-order valence-corrected chi connectivity index (χ3v) is 6.42. The molecule has 0 spiro atoms. The van der Waals surface area contributed by atoms with Crippen molar-refractivity contribution in [2.75, 3.05) is 11.5 Å². The Morgan fingerprint density at radius 1 is 1.33 bits per heavy atom. The fourth-order valence-corrected chi connectivity index (χ4v) is 5.28. The van der Waals surface area contributed by atoms with Crippen molar-refractivity contribution in [1.29, 1.82) is 0 Å². The topological polar surface area (TPSA) is 20.2 Å². The summed E-state index contributed by atoms with van der Waals surface area (Å²) >= 11 is 3.51. The molecule has 0 bridgehead atoms. The summed E-state index contributed by atoms with van der Waals surface area (Å²) < 4.78 is 26.5. The second kappa shape index (κ2) is 6.26. The average molecular weight is 290 g/mol. The number of hydrogen-bond donors (Lipinski definition) is 1. The summed E-state index contributed by atoms with van der Waals surface area (Å²) in [5.74, 6) is 0.763. The second-order valence-corrected chi connectivity index (χ2v) is 6.90. The van der Waals surface area contributed by atoms with Crippen molar-refractivity contribution in [3.8, 4) is 0 Å². The average Bonchev–Trinajstić information content (AvgIpc) is 2.38. The number of aliphatic hydroxyl groups excluding tert-OH is 1. The van der Waals surface area contributed by atoms with E-state index < -0.39 is 17.7 Å². The molecule has 1 N–H and O–H groups in total. The quantitative estimate of drug-likeness (QED) is 0.918. The van der Waals surface area contributed by atoms with Crippen LogP contribution in [0.1, 0.15) is 25.0 Å². The molecule has 1 aromatic rings. The van der Waals surface area contributed by atoms with Crippen molar-refractivity contribution in [3.05, 3.63) is 35.4 Å². The molecule has 1 aliphatic heterocycles. The van der Waals surface area contributed by atoms with Gasteiger partial charge in [-0.05, 0) is 12.5 Å². The molecular formula is C13H16F2OS2. The SMILES string of the molecule is CCC1SCCSC1C(O)c1ccc(F)cc1F. The molecule has 1 aliphatic rings. The lowest BCUT2D eigenvalue weighted by Gasteiger charge is -2.33. The summed E-state index contributed by atoms with van der Waals surface area (Å²) in [4.78, 5) is 0. The molecule has 5 heteroatoms. The molecule has 100 valence electrons. The number of halogens is 2. The van der Waals surface area contributed by atoms with Crippen molar-refractivity contribution in [2.24, 2.45) is 0 Å². The lowest BCUT2D eigenvalue weighted by atomic mass is 10.0. The minimum Gasteiger partial charge on any atom is -0.387 e. The van der Waals surface area contributed by atoms with E-state index in [2.05, 4.69) is 6.92 Å². The molecule has 1 nitrogen and oxygen atoms in total. The van der Waals surface area contributed by atoms with Crippen LogP contribution in [0.15, 0.2) is 18.2 Å². The van der Waals surface area contributed by atoms with Crippen LogP contribution < -0.4 is 0 Å². The van der Waals surface area contributed by atoms with Crippen molar-refractivity contribution in [3.63, 3.8) is 0 Å². The van der Waals surface area contributed by atoms with E-state index in [1.807, 2.05) is 11.8 Å². The normalized spacial score (nSPS) is 26.0. The predicted octanol–water partition coefficient (Wildman–Crippen LogP) is 3.63. The lowest BCUT2D eigenvalue weighted by Crippen LogP contribution is -2.31. The molecule has 3 atom stereocenters. The first-order chi connectivity index (χ1) is 8.63. The fraction of sp³-hybridized carbons (Fsp3) is 0.538. The zero-order chi connectivity index (χ0) is 13.1. The Kier molecular flexibility index (Phi) is 4.92. The molecule has 2 rings (SSSR count). The van der Waals surface area contributed by atoms with E-state index in [0.717, 1.165) is 24.0 Å². The standard InChI is InChI=1S/C13H16F2OS2/c1-2-11-13(18-6-5-17-11)12(16)9-4-3-8(14)7-10(9)15/h3-4,7,11-13,16H,2,5-6H2,1H3. The summed E-state index contributed by atoms with van der Waals surface area (Å²) in [6, 6.07) is 3.38. The molecule has 1 aromatic carbocycles. The van der Waals surface area contributed by atoms with Crippen LogP contribution >= 0.6 is 23.5 Å². The summed E-state index contributed by atoms with van der Waals surface area (Å²) in [6.45, 7) is 2.07. The first kappa shape index (κ1) is 14.2. The van der Waals surface area contributed by atoms with Gasteiger partial charge in [-0.2, -0.15) is 23.5 Å². The van der Waals surface area contributed by atoms with E-state index in [4.69, 9.17) is 0 Å². The number of thioether (sulfide) groups is 2. The van der Waals surface area contributed by atoms with Crippen molar-refractivity contribution in [1.82, 2.24) is 0 Å². The van der Waals surface area contributed by atoms with Crippen molar-refractivity contribution < 1.29 is 13.9 Å². The maximum atomic E-state index is 13.7. The van der Waals surface area contributed by atoms with Gasteiger partial charge in [0.2, 0.25) is 0 Å². The first-order valence-electron chi connectivity index (χ1n) is 5.99. The van der Waals surface area contributed by atoms with Gasteiger partial charge >= 0.3 is 0 Å². The summed E-state index contributed by atoms with van der Waals surface area (Å²) in [7, 11) is 0. The van der Waals surface area contributed by atoms with E-state index in [1.165, 1.54) is 12.1 Å². The van der Waals surface area contributed by atoms with Gasteiger partial charge in [-0.3, -0.25) is 0 Å². The maximum Gasteiger partial charge on any atom is 0.131 e. The van der Waals surface area contributed by atoms with Crippen LogP contribution in [-0.4, -0.2) is 27.1 Å². The van der Waals surface area contributed by atoms with Crippen LogP contribution in [-0.2, 0) is 0 Å². The molecule has 1 heterocycles. The Bertz CT molecular complexity index is 414. The van der Waals surface area contributed by atoms with Gasteiger partial charge in [0.15, 0.2) is 0 Å². The molecule has 0 amide bonds. The molecule has 1 saturated heterocycles. The zero-order valence-corrected chi connectivity index (χ0v) is 11.7. The van der Waals surface area contributed by atoms with Gasteiger partial charge in [0.25, 0.3) is 0 Å². The minimum atomic E-state index is -0.867. The third-order valence-electron chi connectivity index (χ3n) is 3.09. The van der Waals surface area contributed by atoms with Gasteiger partial charge in [0, 0.05) is 33.6 Å². The summed E-state index contributed by atoms with van der Waals surface area (Å²) in [6.07, 6.45) is 0.0794. The Balaban J connectivity index is 2.20. The van der Waals surface area contributed by atoms with Crippen LogP contribution in [0.25, 0.3) is 0 Å². The maximum absolute atomic E-state index is 13.7. The van der Waals surface area contributed by atoms with Gasteiger partial charge in [-0.15, -0.1) is 0 Å². The lowest BCUT2D eigenvalue weighted by molar-refractivity contribution is 0.167. The van der Waals surface area contributed by atoms with Gasteiger partial charge in [-0.1, -0.05) is 13.0 Å². The molecule has 1 fully saturated rings. The van der Waals surface area contributed by atoms with Crippen LogP contribution in [0, 0.1) is 11.6 Å². The van der Waals surface area contributed by atoms with Gasteiger partial charge in [0.05, 0.1) is 6.10 Å². The predicted molar refractivity (Wildman–Crippen MR) is 74.1 cm³/mol. The molecule has 0 radical (unpaired) electrons. The third kappa shape index (κ3) is 3.00. The van der Waals surface area contributed by atoms with Crippen LogP contribution in [0.2, 0.25) is 0 Å². The van der Waals surface area contributed by atoms with E-state index >= 15 is 0 Å². The molecule has 3 unspecified atom stereocenters.